The fourth-order valence-corrected chi connectivity index (χ4v) is 3.16. The summed E-state index contributed by atoms with van der Waals surface area (Å²) in [6.45, 7) is 3.23. The molecule has 2 aromatic rings. The summed E-state index contributed by atoms with van der Waals surface area (Å²) in [7, 11) is 1.47. The van der Waals surface area contributed by atoms with Crippen molar-refractivity contribution in [1.29, 1.82) is 0 Å². The number of nitrogens with one attached hydrogen (secondary N) is 2. The van der Waals surface area contributed by atoms with E-state index < -0.39 is 24.0 Å². The van der Waals surface area contributed by atoms with Crippen LogP contribution in [-0.2, 0) is 14.3 Å². The first-order valence-electron chi connectivity index (χ1n) is 9.16. The van der Waals surface area contributed by atoms with Crippen molar-refractivity contribution in [2.75, 3.05) is 20.3 Å². The van der Waals surface area contributed by atoms with Gasteiger partial charge in [0.25, 0.3) is 0 Å². The molecule has 0 aliphatic carbocycles. The van der Waals surface area contributed by atoms with E-state index in [-0.39, 0.29) is 30.0 Å². The van der Waals surface area contributed by atoms with Gasteiger partial charge in [0.1, 0.15) is 17.9 Å². The van der Waals surface area contributed by atoms with Crippen LogP contribution >= 0.6 is 0 Å². The molecule has 1 heterocycles. The predicted molar refractivity (Wildman–Crippen MR) is 106 cm³/mol. The van der Waals surface area contributed by atoms with Gasteiger partial charge < -0.3 is 24.8 Å². The van der Waals surface area contributed by atoms with E-state index in [0.29, 0.717) is 5.75 Å². The Labute approximate surface area is 167 Å². The second kappa shape index (κ2) is 8.64. The smallest absolute Gasteiger partial charge is 0.342 e. The number of amides is 2. The number of hydrogen-bond donors (Lipinski definition) is 2. The number of esters is 2. The van der Waals surface area contributed by atoms with Gasteiger partial charge in [-0.1, -0.05) is 24.3 Å². The molecule has 2 N–H and O–H groups in total. The summed E-state index contributed by atoms with van der Waals surface area (Å²) in [5.41, 5.74) is 0.648. The zero-order valence-corrected chi connectivity index (χ0v) is 16.4. The minimum absolute atomic E-state index is 0.185. The number of urea groups is 1. The average Bonchev–Trinajstić information content (AvgIpc) is 2.70. The lowest BCUT2D eigenvalue weighted by molar-refractivity contribution is -0.139. The van der Waals surface area contributed by atoms with Gasteiger partial charge in [0.15, 0.2) is 0 Å². The first-order chi connectivity index (χ1) is 13.9. The molecule has 8 heteroatoms. The Morgan fingerprint density at radius 1 is 1.07 bits per heavy atom. The molecule has 0 spiro atoms. The minimum Gasteiger partial charge on any atom is -0.496 e. The van der Waals surface area contributed by atoms with Crippen LogP contribution in [-0.4, -0.2) is 44.3 Å². The van der Waals surface area contributed by atoms with Crippen molar-refractivity contribution in [1.82, 2.24) is 10.6 Å². The molecule has 0 aromatic heterocycles. The standard InChI is InChI=1S/C21H22N2O6/c1-4-28-20(25)18-12(2)22-21(26)23-16(18)11-29-19(24)15-9-13-7-5-6-8-14(13)10-17(15)27-3/h5-10,12H,4,11H2,1-3H3,(H2,22,23,26). The van der Waals surface area contributed by atoms with E-state index in [1.54, 1.807) is 26.0 Å². The van der Waals surface area contributed by atoms with E-state index in [1.165, 1.54) is 7.11 Å². The second-order valence-corrected chi connectivity index (χ2v) is 6.41. The third-order valence-corrected chi connectivity index (χ3v) is 4.50. The zero-order valence-electron chi connectivity index (χ0n) is 16.4. The van der Waals surface area contributed by atoms with Crippen molar-refractivity contribution < 1.29 is 28.6 Å². The summed E-state index contributed by atoms with van der Waals surface area (Å²) < 4.78 is 15.8. The largest absolute Gasteiger partial charge is 0.496 e. The van der Waals surface area contributed by atoms with Crippen LogP contribution in [0.3, 0.4) is 0 Å². The second-order valence-electron chi connectivity index (χ2n) is 6.41. The van der Waals surface area contributed by atoms with Crippen LogP contribution in [0.4, 0.5) is 4.79 Å². The van der Waals surface area contributed by atoms with Crippen molar-refractivity contribution >= 4 is 28.7 Å². The monoisotopic (exact) mass is 398 g/mol. The van der Waals surface area contributed by atoms with E-state index in [4.69, 9.17) is 14.2 Å². The molecule has 0 radical (unpaired) electrons. The summed E-state index contributed by atoms with van der Waals surface area (Å²) in [4.78, 5) is 36.8. The zero-order chi connectivity index (χ0) is 21.0. The summed E-state index contributed by atoms with van der Waals surface area (Å²) in [6, 6.07) is 9.92. The fourth-order valence-electron chi connectivity index (χ4n) is 3.16. The quantitative estimate of drug-likeness (QED) is 0.725. The van der Waals surface area contributed by atoms with Crippen LogP contribution < -0.4 is 15.4 Å². The third-order valence-electron chi connectivity index (χ3n) is 4.50. The van der Waals surface area contributed by atoms with Gasteiger partial charge in [-0.05, 0) is 36.8 Å². The van der Waals surface area contributed by atoms with Crippen molar-refractivity contribution in [3.8, 4) is 5.75 Å². The summed E-state index contributed by atoms with van der Waals surface area (Å²) in [5, 5.41) is 6.89. The number of carbonyl (C=O) groups excluding carboxylic acids is 3. The first kappa shape index (κ1) is 20.2. The molecule has 1 aliphatic rings. The summed E-state index contributed by atoms with van der Waals surface area (Å²) in [6.07, 6.45) is 0. The Balaban J connectivity index is 1.86. The number of hydrogen-bond acceptors (Lipinski definition) is 6. The van der Waals surface area contributed by atoms with Crippen LogP contribution in [0.2, 0.25) is 0 Å². The van der Waals surface area contributed by atoms with Gasteiger partial charge >= 0.3 is 18.0 Å². The number of carbonyl (C=O) groups is 3. The molecule has 0 saturated carbocycles. The van der Waals surface area contributed by atoms with E-state index in [2.05, 4.69) is 10.6 Å². The van der Waals surface area contributed by atoms with Crippen molar-refractivity contribution in [3.63, 3.8) is 0 Å². The average molecular weight is 398 g/mol. The Morgan fingerprint density at radius 3 is 2.41 bits per heavy atom. The molecular weight excluding hydrogens is 376 g/mol. The van der Waals surface area contributed by atoms with E-state index in [1.807, 2.05) is 24.3 Å². The molecule has 0 saturated heterocycles. The number of benzene rings is 2. The van der Waals surface area contributed by atoms with Gasteiger partial charge in [-0.2, -0.15) is 0 Å². The Hall–Kier alpha value is -3.55. The number of fused-ring (bicyclic) bond motifs is 1. The molecule has 1 aliphatic heterocycles. The lowest BCUT2D eigenvalue weighted by Gasteiger charge is -2.26. The van der Waals surface area contributed by atoms with Crippen molar-refractivity contribution in [3.05, 3.63) is 53.2 Å². The van der Waals surface area contributed by atoms with Gasteiger partial charge in [-0.25, -0.2) is 14.4 Å². The van der Waals surface area contributed by atoms with Crippen molar-refractivity contribution in [2.24, 2.45) is 0 Å². The molecular formula is C21H22N2O6. The highest BCUT2D eigenvalue weighted by molar-refractivity contribution is 5.99. The third kappa shape index (κ3) is 4.31. The SMILES string of the molecule is CCOC(=O)C1=C(COC(=O)c2cc3ccccc3cc2OC)NC(=O)NC1C. The maximum Gasteiger partial charge on any atom is 0.342 e. The number of ether oxygens (including phenoxy) is 3. The fraction of sp³-hybridized carbons (Fsp3) is 0.286. The highest BCUT2D eigenvalue weighted by Crippen LogP contribution is 2.27. The molecule has 2 amide bonds. The topological polar surface area (TPSA) is 103 Å². The van der Waals surface area contributed by atoms with Crippen LogP contribution in [0, 0.1) is 0 Å². The molecule has 0 bridgehead atoms. The highest BCUT2D eigenvalue weighted by atomic mass is 16.5. The van der Waals surface area contributed by atoms with Crippen LogP contribution in [0.1, 0.15) is 24.2 Å². The molecule has 152 valence electrons. The van der Waals surface area contributed by atoms with Gasteiger partial charge in [-0.3, -0.25) is 0 Å². The normalized spacial score (nSPS) is 16.1. The maximum atomic E-state index is 12.7. The van der Waals surface area contributed by atoms with Gasteiger partial charge in [0, 0.05) is 0 Å². The van der Waals surface area contributed by atoms with E-state index in [9.17, 15) is 14.4 Å². The number of rotatable bonds is 6. The van der Waals surface area contributed by atoms with Crippen LogP contribution in [0.25, 0.3) is 10.8 Å². The van der Waals surface area contributed by atoms with E-state index in [0.717, 1.165) is 10.8 Å². The maximum absolute atomic E-state index is 12.7. The molecule has 3 rings (SSSR count). The van der Waals surface area contributed by atoms with Crippen molar-refractivity contribution in [2.45, 2.75) is 19.9 Å². The summed E-state index contributed by atoms with van der Waals surface area (Å²) in [5.74, 6) is -0.846. The number of methoxy groups -OCH3 is 1. The molecule has 1 unspecified atom stereocenters. The lowest BCUT2D eigenvalue weighted by Crippen LogP contribution is -2.50. The Bertz CT molecular complexity index is 998. The Kier molecular flexibility index (Phi) is 6.01. The van der Waals surface area contributed by atoms with Gasteiger partial charge in [0.05, 0.1) is 31.0 Å². The highest BCUT2D eigenvalue weighted by Gasteiger charge is 2.30. The predicted octanol–water partition coefficient (Wildman–Crippen LogP) is 2.52. The van der Waals surface area contributed by atoms with Gasteiger partial charge in [0.2, 0.25) is 0 Å². The van der Waals surface area contributed by atoms with E-state index >= 15 is 0 Å². The Morgan fingerprint density at radius 2 is 1.76 bits per heavy atom. The lowest BCUT2D eigenvalue weighted by atomic mass is 10.0. The molecule has 8 nitrogen and oxygen atoms in total. The molecule has 0 fully saturated rings. The summed E-state index contributed by atoms with van der Waals surface area (Å²) >= 11 is 0. The minimum atomic E-state index is -0.635. The first-order valence-corrected chi connectivity index (χ1v) is 9.16. The van der Waals surface area contributed by atoms with Crippen LogP contribution in [0.5, 0.6) is 5.75 Å². The molecule has 29 heavy (non-hydrogen) atoms. The van der Waals surface area contributed by atoms with Crippen LogP contribution in [0.15, 0.2) is 47.7 Å². The molecule has 2 aromatic carbocycles. The molecule has 1 atom stereocenters. The van der Waals surface area contributed by atoms with Gasteiger partial charge in [-0.15, -0.1) is 0 Å².